The van der Waals surface area contributed by atoms with E-state index >= 15 is 0 Å². The molecule has 0 saturated carbocycles. The minimum Gasteiger partial charge on any atom is -0.399 e. The van der Waals surface area contributed by atoms with Gasteiger partial charge in [0.05, 0.1) is 5.52 Å². The molecule has 0 saturated heterocycles. The first kappa shape index (κ1) is 12.4. The fourth-order valence-corrected chi connectivity index (χ4v) is 2.22. The quantitative estimate of drug-likeness (QED) is 0.712. The summed E-state index contributed by atoms with van der Waals surface area (Å²) in [5.41, 5.74) is 8.66. The number of anilines is 2. The zero-order valence-corrected chi connectivity index (χ0v) is 11.2. The molecule has 3 rings (SSSR count). The van der Waals surface area contributed by atoms with Gasteiger partial charge in [-0.1, -0.05) is 30.3 Å². The van der Waals surface area contributed by atoms with Crippen LogP contribution in [0.1, 0.15) is 18.5 Å². The van der Waals surface area contributed by atoms with Crippen LogP contribution in [0.3, 0.4) is 0 Å². The summed E-state index contributed by atoms with van der Waals surface area (Å²) in [7, 11) is 0. The van der Waals surface area contributed by atoms with Gasteiger partial charge in [-0.3, -0.25) is 0 Å². The summed E-state index contributed by atoms with van der Waals surface area (Å²) in [6.07, 6.45) is 1.57. The molecule has 3 aromatic rings. The van der Waals surface area contributed by atoms with Gasteiger partial charge >= 0.3 is 0 Å². The summed E-state index contributed by atoms with van der Waals surface area (Å²) >= 11 is 0. The van der Waals surface area contributed by atoms with Crippen molar-refractivity contribution < 1.29 is 0 Å². The summed E-state index contributed by atoms with van der Waals surface area (Å²) in [5, 5.41) is 4.36. The molecular weight excluding hydrogens is 248 g/mol. The van der Waals surface area contributed by atoms with E-state index in [0.29, 0.717) is 5.69 Å². The molecule has 0 bridgehead atoms. The van der Waals surface area contributed by atoms with E-state index in [4.69, 9.17) is 5.73 Å². The van der Waals surface area contributed by atoms with E-state index in [0.717, 1.165) is 16.7 Å². The van der Waals surface area contributed by atoms with Crippen LogP contribution < -0.4 is 11.1 Å². The summed E-state index contributed by atoms with van der Waals surface area (Å²) in [6.45, 7) is 2.11. The van der Waals surface area contributed by atoms with Gasteiger partial charge in [0.25, 0.3) is 0 Å². The Kier molecular flexibility index (Phi) is 3.21. The average molecular weight is 264 g/mol. The third-order valence-electron chi connectivity index (χ3n) is 3.31. The van der Waals surface area contributed by atoms with Gasteiger partial charge in [0.2, 0.25) is 0 Å². The normalized spacial score (nSPS) is 12.2. The number of nitrogens with one attached hydrogen (secondary N) is 1. The number of aromatic nitrogens is 2. The number of hydrogen-bond donors (Lipinski definition) is 2. The molecule has 0 spiro atoms. The number of nitrogen functional groups attached to an aromatic ring is 1. The minimum atomic E-state index is 0.163. The summed E-state index contributed by atoms with van der Waals surface area (Å²) in [5.74, 6) is 0.804. The fourth-order valence-electron chi connectivity index (χ4n) is 2.22. The van der Waals surface area contributed by atoms with Gasteiger partial charge in [-0.2, -0.15) is 0 Å². The standard InChI is InChI=1S/C16H16N4/c1-11(12-5-3-2-4-6-12)20-16-14-9-13(17)7-8-15(14)18-10-19-16/h2-11H,17H2,1H3,(H,18,19,20)/t11-/m1/s1. The maximum atomic E-state index is 5.85. The minimum absolute atomic E-state index is 0.163. The molecule has 4 nitrogen and oxygen atoms in total. The highest BCUT2D eigenvalue weighted by Gasteiger charge is 2.09. The van der Waals surface area contributed by atoms with Crippen LogP contribution in [-0.2, 0) is 0 Å². The largest absolute Gasteiger partial charge is 0.399 e. The van der Waals surface area contributed by atoms with Crippen molar-refractivity contribution in [1.29, 1.82) is 0 Å². The maximum Gasteiger partial charge on any atom is 0.137 e. The predicted molar refractivity (Wildman–Crippen MR) is 82.4 cm³/mol. The van der Waals surface area contributed by atoms with Gasteiger partial charge in [0, 0.05) is 17.1 Å². The van der Waals surface area contributed by atoms with Gasteiger partial charge in [-0.15, -0.1) is 0 Å². The predicted octanol–water partition coefficient (Wildman–Crippen LogP) is 3.39. The number of rotatable bonds is 3. The number of benzene rings is 2. The smallest absolute Gasteiger partial charge is 0.137 e. The second kappa shape index (κ2) is 5.17. The number of hydrogen-bond acceptors (Lipinski definition) is 4. The van der Waals surface area contributed by atoms with E-state index < -0.39 is 0 Å². The fraction of sp³-hybridized carbons (Fsp3) is 0.125. The molecule has 0 fully saturated rings. The molecule has 1 atom stereocenters. The monoisotopic (exact) mass is 264 g/mol. The number of nitrogens with two attached hydrogens (primary N) is 1. The van der Waals surface area contributed by atoms with Gasteiger partial charge < -0.3 is 11.1 Å². The average Bonchev–Trinajstić information content (AvgIpc) is 2.49. The van der Waals surface area contributed by atoms with Crippen molar-refractivity contribution in [2.24, 2.45) is 0 Å². The first-order chi connectivity index (χ1) is 9.74. The van der Waals surface area contributed by atoms with Crippen molar-refractivity contribution in [3.8, 4) is 0 Å². The van der Waals surface area contributed by atoms with Crippen LogP contribution in [0.2, 0.25) is 0 Å². The molecule has 0 unspecified atom stereocenters. The molecule has 20 heavy (non-hydrogen) atoms. The molecule has 1 heterocycles. The van der Waals surface area contributed by atoms with Crippen LogP contribution in [0, 0.1) is 0 Å². The topological polar surface area (TPSA) is 63.8 Å². The Balaban J connectivity index is 1.97. The summed E-state index contributed by atoms with van der Waals surface area (Å²) < 4.78 is 0. The molecular formula is C16H16N4. The highest BCUT2D eigenvalue weighted by Crippen LogP contribution is 2.25. The van der Waals surface area contributed by atoms with Crippen LogP contribution in [0.5, 0.6) is 0 Å². The molecule has 0 aliphatic heterocycles. The molecule has 0 aliphatic rings. The summed E-state index contributed by atoms with van der Waals surface area (Å²) in [4.78, 5) is 8.59. The number of nitrogens with zero attached hydrogens (tertiary/aromatic N) is 2. The lowest BCUT2D eigenvalue weighted by molar-refractivity contribution is 0.876. The zero-order valence-electron chi connectivity index (χ0n) is 11.2. The highest BCUT2D eigenvalue weighted by molar-refractivity contribution is 5.91. The van der Waals surface area contributed by atoms with E-state index in [1.807, 2.05) is 36.4 Å². The van der Waals surface area contributed by atoms with Gasteiger partial charge in [-0.05, 0) is 30.7 Å². The highest BCUT2D eigenvalue weighted by atomic mass is 15.0. The second-order valence-electron chi connectivity index (χ2n) is 4.78. The van der Waals surface area contributed by atoms with Crippen LogP contribution in [-0.4, -0.2) is 9.97 Å². The van der Waals surface area contributed by atoms with Gasteiger partial charge in [0.15, 0.2) is 0 Å². The molecule has 100 valence electrons. The third-order valence-corrected chi connectivity index (χ3v) is 3.31. The van der Waals surface area contributed by atoms with Crippen molar-refractivity contribution in [2.45, 2.75) is 13.0 Å². The SMILES string of the molecule is C[C@@H](Nc1ncnc2ccc(N)cc12)c1ccccc1. The Morgan fingerprint density at radius 1 is 1.05 bits per heavy atom. The Morgan fingerprint density at radius 3 is 2.65 bits per heavy atom. The van der Waals surface area contributed by atoms with Crippen molar-refractivity contribution in [3.63, 3.8) is 0 Å². The molecule has 0 radical (unpaired) electrons. The first-order valence-corrected chi connectivity index (χ1v) is 6.56. The molecule has 1 aromatic heterocycles. The van der Waals surface area contributed by atoms with E-state index in [-0.39, 0.29) is 6.04 Å². The third kappa shape index (κ3) is 2.40. The van der Waals surface area contributed by atoms with E-state index in [1.165, 1.54) is 5.56 Å². The second-order valence-corrected chi connectivity index (χ2v) is 4.78. The molecule has 4 heteroatoms. The Hall–Kier alpha value is -2.62. The van der Waals surface area contributed by atoms with Gasteiger partial charge in [-0.25, -0.2) is 9.97 Å². The summed E-state index contributed by atoms with van der Waals surface area (Å²) in [6, 6.07) is 16.1. The lowest BCUT2D eigenvalue weighted by Gasteiger charge is -2.16. The first-order valence-electron chi connectivity index (χ1n) is 6.56. The van der Waals surface area contributed by atoms with E-state index in [9.17, 15) is 0 Å². The van der Waals surface area contributed by atoms with Crippen molar-refractivity contribution >= 4 is 22.4 Å². The van der Waals surface area contributed by atoms with Crippen molar-refractivity contribution in [1.82, 2.24) is 9.97 Å². The van der Waals surface area contributed by atoms with Crippen molar-refractivity contribution in [2.75, 3.05) is 11.1 Å². The molecule has 0 aliphatic carbocycles. The van der Waals surface area contributed by atoms with Crippen LogP contribution in [0.25, 0.3) is 10.9 Å². The Morgan fingerprint density at radius 2 is 1.85 bits per heavy atom. The molecule has 3 N–H and O–H groups in total. The van der Waals surface area contributed by atoms with E-state index in [2.05, 4.69) is 34.3 Å². The Labute approximate surface area is 117 Å². The lowest BCUT2D eigenvalue weighted by Crippen LogP contribution is -2.08. The maximum absolute atomic E-state index is 5.85. The lowest BCUT2D eigenvalue weighted by atomic mass is 10.1. The van der Waals surface area contributed by atoms with Crippen LogP contribution in [0.4, 0.5) is 11.5 Å². The molecule has 0 amide bonds. The van der Waals surface area contributed by atoms with Crippen LogP contribution in [0.15, 0.2) is 54.9 Å². The van der Waals surface area contributed by atoms with Crippen LogP contribution >= 0.6 is 0 Å². The number of fused-ring (bicyclic) bond motifs is 1. The molecule has 2 aromatic carbocycles. The van der Waals surface area contributed by atoms with Crippen molar-refractivity contribution in [3.05, 3.63) is 60.4 Å². The van der Waals surface area contributed by atoms with Gasteiger partial charge in [0.1, 0.15) is 12.1 Å². The Bertz CT molecular complexity index is 725. The zero-order chi connectivity index (χ0) is 13.9. The van der Waals surface area contributed by atoms with E-state index in [1.54, 1.807) is 6.33 Å².